The number of hydrogen-bond donors (Lipinski definition) is 2. The predicted molar refractivity (Wildman–Crippen MR) is 98.7 cm³/mol. The summed E-state index contributed by atoms with van der Waals surface area (Å²) < 4.78 is 4.93. The Morgan fingerprint density at radius 1 is 1.24 bits per heavy atom. The van der Waals surface area contributed by atoms with Gasteiger partial charge in [-0.15, -0.1) is 12.4 Å². The van der Waals surface area contributed by atoms with Crippen LogP contribution in [0.1, 0.15) is 48.9 Å². The highest BCUT2D eigenvalue weighted by molar-refractivity contribution is 5.95. The number of carbonyl (C=O) groups excluding carboxylic acids is 1. The van der Waals surface area contributed by atoms with E-state index >= 15 is 0 Å². The van der Waals surface area contributed by atoms with Crippen LogP contribution in [0.2, 0.25) is 0 Å². The van der Waals surface area contributed by atoms with Crippen molar-refractivity contribution in [3.63, 3.8) is 0 Å². The summed E-state index contributed by atoms with van der Waals surface area (Å²) in [5, 5.41) is 17.3. The van der Waals surface area contributed by atoms with E-state index in [0.29, 0.717) is 19.1 Å². The van der Waals surface area contributed by atoms with Gasteiger partial charge >= 0.3 is 5.69 Å². The van der Waals surface area contributed by atoms with Crippen LogP contribution in [0.15, 0.2) is 18.2 Å². The van der Waals surface area contributed by atoms with Crippen LogP contribution in [0.4, 0.5) is 5.69 Å². The predicted octanol–water partition coefficient (Wildman–Crippen LogP) is 3.07. The summed E-state index contributed by atoms with van der Waals surface area (Å²) in [6, 6.07) is 4.75. The van der Waals surface area contributed by atoms with Gasteiger partial charge in [-0.25, -0.2) is 0 Å². The Bertz CT molecular complexity index is 575. The Balaban J connectivity index is 0.00000312. The number of nitro benzene ring substituents is 1. The van der Waals surface area contributed by atoms with E-state index in [1.807, 2.05) is 0 Å². The van der Waals surface area contributed by atoms with Gasteiger partial charge in [0, 0.05) is 30.8 Å². The highest BCUT2D eigenvalue weighted by Crippen LogP contribution is 2.27. The Kier molecular flexibility index (Phi) is 9.23. The van der Waals surface area contributed by atoms with Crippen molar-refractivity contribution in [1.29, 1.82) is 0 Å². The summed E-state index contributed by atoms with van der Waals surface area (Å²) in [6.07, 6.45) is 7.53. The number of nitrogens with one attached hydrogen (secondary N) is 2. The lowest BCUT2D eigenvalue weighted by Gasteiger charge is -2.16. The SMILES string of the molecule is COc1ccc(C(=O)NCCNC2CCCCCC2)cc1[N+](=O)[O-].Cl. The van der Waals surface area contributed by atoms with E-state index in [0.717, 1.165) is 0 Å². The summed E-state index contributed by atoms with van der Waals surface area (Å²) in [5.74, 6) is -0.171. The van der Waals surface area contributed by atoms with Gasteiger partial charge in [0.05, 0.1) is 12.0 Å². The van der Waals surface area contributed by atoms with E-state index < -0.39 is 4.92 Å². The first-order valence-electron chi connectivity index (χ1n) is 8.46. The zero-order valence-electron chi connectivity index (χ0n) is 14.5. The van der Waals surface area contributed by atoms with Crippen molar-refractivity contribution in [1.82, 2.24) is 10.6 Å². The van der Waals surface area contributed by atoms with E-state index in [1.165, 1.54) is 63.8 Å². The number of carbonyl (C=O) groups is 1. The minimum atomic E-state index is -0.552. The van der Waals surface area contributed by atoms with Crippen LogP contribution >= 0.6 is 12.4 Å². The van der Waals surface area contributed by atoms with Crippen molar-refractivity contribution in [3.05, 3.63) is 33.9 Å². The number of nitrogens with zero attached hydrogens (tertiary/aromatic N) is 1. The second-order valence-electron chi connectivity index (χ2n) is 6.04. The molecule has 0 bridgehead atoms. The fraction of sp³-hybridized carbons (Fsp3) is 0.588. The highest BCUT2D eigenvalue weighted by atomic mass is 35.5. The monoisotopic (exact) mass is 371 g/mol. The maximum Gasteiger partial charge on any atom is 0.311 e. The molecule has 0 unspecified atom stereocenters. The van der Waals surface area contributed by atoms with Crippen molar-refractivity contribution < 1.29 is 14.5 Å². The summed E-state index contributed by atoms with van der Waals surface area (Å²) in [6.45, 7) is 1.20. The molecule has 7 nitrogen and oxygen atoms in total. The van der Waals surface area contributed by atoms with E-state index in [1.54, 1.807) is 0 Å². The van der Waals surface area contributed by atoms with Gasteiger partial charge in [-0.1, -0.05) is 25.7 Å². The fourth-order valence-electron chi connectivity index (χ4n) is 3.01. The Morgan fingerprint density at radius 3 is 2.52 bits per heavy atom. The lowest BCUT2D eigenvalue weighted by atomic mass is 10.1. The molecule has 2 N–H and O–H groups in total. The molecule has 1 aliphatic rings. The molecule has 0 aliphatic heterocycles. The molecule has 25 heavy (non-hydrogen) atoms. The van der Waals surface area contributed by atoms with Gasteiger partial charge in [-0.05, 0) is 25.0 Å². The summed E-state index contributed by atoms with van der Waals surface area (Å²) in [7, 11) is 1.36. The number of halogens is 1. The molecule has 1 aliphatic carbocycles. The molecule has 1 amide bonds. The number of benzene rings is 1. The summed E-state index contributed by atoms with van der Waals surface area (Å²) in [5.41, 5.74) is 0.0543. The van der Waals surface area contributed by atoms with Crippen molar-refractivity contribution in [2.75, 3.05) is 20.2 Å². The molecular weight excluding hydrogens is 346 g/mol. The molecular formula is C17H26ClN3O4. The van der Waals surface area contributed by atoms with Crippen molar-refractivity contribution in [2.24, 2.45) is 0 Å². The molecule has 1 aromatic rings. The summed E-state index contributed by atoms with van der Waals surface area (Å²) >= 11 is 0. The molecule has 140 valence electrons. The molecule has 1 saturated carbocycles. The lowest BCUT2D eigenvalue weighted by Crippen LogP contribution is -2.36. The normalized spacial score (nSPS) is 14.9. The van der Waals surface area contributed by atoms with Crippen LogP contribution in [0.5, 0.6) is 5.75 Å². The van der Waals surface area contributed by atoms with Crippen LogP contribution in [-0.4, -0.2) is 37.1 Å². The van der Waals surface area contributed by atoms with Crippen LogP contribution in [0.25, 0.3) is 0 Å². The van der Waals surface area contributed by atoms with Gasteiger partial charge in [0.1, 0.15) is 0 Å². The van der Waals surface area contributed by atoms with E-state index in [2.05, 4.69) is 10.6 Å². The topological polar surface area (TPSA) is 93.5 Å². The van der Waals surface area contributed by atoms with Crippen LogP contribution in [-0.2, 0) is 0 Å². The average molecular weight is 372 g/mol. The van der Waals surface area contributed by atoms with Crippen LogP contribution in [0.3, 0.4) is 0 Å². The second-order valence-corrected chi connectivity index (χ2v) is 6.04. The zero-order chi connectivity index (χ0) is 17.4. The minimum absolute atomic E-state index is 0. The smallest absolute Gasteiger partial charge is 0.311 e. The van der Waals surface area contributed by atoms with E-state index in [-0.39, 0.29) is 35.3 Å². The first-order chi connectivity index (χ1) is 11.6. The minimum Gasteiger partial charge on any atom is -0.490 e. The lowest BCUT2D eigenvalue weighted by molar-refractivity contribution is -0.385. The molecule has 0 spiro atoms. The number of rotatable bonds is 7. The molecule has 1 fully saturated rings. The third kappa shape index (κ3) is 6.51. The maximum atomic E-state index is 12.1. The van der Waals surface area contributed by atoms with Gasteiger partial charge in [-0.3, -0.25) is 14.9 Å². The summed E-state index contributed by atoms with van der Waals surface area (Å²) in [4.78, 5) is 22.6. The standard InChI is InChI=1S/C17H25N3O4.ClH/c1-24-16-9-8-13(12-15(16)20(22)23)17(21)19-11-10-18-14-6-4-2-3-5-7-14;/h8-9,12,14,18H,2-7,10-11H2,1H3,(H,19,21);1H. The molecule has 8 heteroatoms. The molecule has 0 aromatic heterocycles. The number of hydrogen-bond acceptors (Lipinski definition) is 5. The van der Waals surface area contributed by atoms with E-state index in [4.69, 9.17) is 4.74 Å². The number of nitro groups is 1. The third-order valence-corrected chi connectivity index (χ3v) is 4.34. The van der Waals surface area contributed by atoms with Gasteiger partial charge < -0.3 is 15.4 Å². The molecule has 0 atom stereocenters. The van der Waals surface area contributed by atoms with Crippen molar-refractivity contribution in [2.45, 2.75) is 44.6 Å². The first-order valence-corrected chi connectivity index (χ1v) is 8.46. The molecule has 2 rings (SSSR count). The molecule has 0 heterocycles. The average Bonchev–Trinajstić information content (AvgIpc) is 2.86. The second kappa shape index (κ2) is 10.9. The van der Waals surface area contributed by atoms with Gasteiger partial charge in [0.15, 0.2) is 5.75 Å². The Hall–Kier alpha value is -1.86. The Morgan fingerprint density at radius 2 is 1.92 bits per heavy atom. The van der Waals surface area contributed by atoms with Gasteiger partial charge in [0.2, 0.25) is 0 Å². The van der Waals surface area contributed by atoms with Crippen molar-refractivity contribution in [3.8, 4) is 5.75 Å². The third-order valence-electron chi connectivity index (χ3n) is 4.34. The largest absolute Gasteiger partial charge is 0.490 e. The quantitative estimate of drug-likeness (QED) is 0.332. The fourth-order valence-corrected chi connectivity index (χ4v) is 3.01. The highest BCUT2D eigenvalue weighted by Gasteiger charge is 2.18. The first kappa shape index (κ1) is 21.2. The Labute approximate surface area is 154 Å². The van der Waals surface area contributed by atoms with Crippen LogP contribution in [0, 0.1) is 10.1 Å². The molecule has 1 aromatic carbocycles. The molecule has 0 saturated heterocycles. The molecule has 0 radical (unpaired) electrons. The van der Waals surface area contributed by atoms with Crippen LogP contribution < -0.4 is 15.4 Å². The zero-order valence-corrected chi connectivity index (χ0v) is 15.3. The number of methoxy groups -OCH3 is 1. The van der Waals surface area contributed by atoms with Crippen molar-refractivity contribution >= 4 is 24.0 Å². The number of ether oxygens (including phenoxy) is 1. The van der Waals surface area contributed by atoms with E-state index in [9.17, 15) is 14.9 Å². The maximum absolute atomic E-state index is 12.1. The van der Waals surface area contributed by atoms with Gasteiger partial charge in [-0.2, -0.15) is 0 Å². The van der Waals surface area contributed by atoms with Gasteiger partial charge in [0.25, 0.3) is 5.91 Å². The number of amides is 1.